The molecule has 2 N–H and O–H groups in total. The summed E-state index contributed by atoms with van der Waals surface area (Å²) in [5.74, 6) is -1.69. The first-order chi connectivity index (χ1) is 7.75. The maximum absolute atomic E-state index is 11.8. The molecular weight excluding hydrogens is 286 g/mol. The summed E-state index contributed by atoms with van der Waals surface area (Å²) >= 11 is 3.35. The molecule has 0 aromatic heterocycles. The third-order valence-electron chi connectivity index (χ3n) is 2.53. The van der Waals surface area contributed by atoms with E-state index >= 15 is 0 Å². The van der Waals surface area contributed by atoms with Crippen LogP contribution >= 0.6 is 15.9 Å². The van der Waals surface area contributed by atoms with Gasteiger partial charge in [-0.15, -0.1) is 0 Å². The summed E-state index contributed by atoms with van der Waals surface area (Å²) in [4.78, 5) is 22.7. The number of carbonyl (C=O) groups excluding carboxylic acids is 1. The second kappa shape index (κ2) is 4.87. The molecule has 0 bridgehead atoms. The molecule has 5 heteroatoms. The lowest BCUT2D eigenvalue weighted by Crippen LogP contribution is -2.37. The third-order valence-corrected chi connectivity index (χ3v) is 3.39. The minimum atomic E-state index is -1.45. The van der Waals surface area contributed by atoms with Crippen LogP contribution in [0.4, 0.5) is 5.69 Å². The molecule has 0 fully saturated rings. The van der Waals surface area contributed by atoms with Gasteiger partial charge in [-0.3, -0.25) is 9.59 Å². The van der Waals surface area contributed by atoms with Crippen molar-refractivity contribution in [1.29, 1.82) is 0 Å². The molecule has 0 unspecified atom stereocenters. The Labute approximate surface area is 108 Å². The van der Waals surface area contributed by atoms with E-state index in [4.69, 9.17) is 5.11 Å². The molecule has 0 aliphatic rings. The predicted molar refractivity (Wildman–Crippen MR) is 68.9 cm³/mol. The highest BCUT2D eigenvalue weighted by Crippen LogP contribution is 2.23. The Balaban J connectivity index is 2.89. The molecule has 0 saturated carbocycles. The van der Waals surface area contributed by atoms with Crippen molar-refractivity contribution in [3.8, 4) is 0 Å². The van der Waals surface area contributed by atoms with Gasteiger partial charge in [-0.2, -0.15) is 0 Å². The van der Waals surface area contributed by atoms with Crippen molar-refractivity contribution < 1.29 is 14.7 Å². The molecule has 0 heterocycles. The molecule has 92 valence electrons. The Morgan fingerprint density at radius 3 is 2.41 bits per heavy atom. The van der Waals surface area contributed by atoms with Gasteiger partial charge in [0.25, 0.3) is 0 Å². The summed E-state index contributed by atoms with van der Waals surface area (Å²) in [6.45, 7) is 4.67. The molecule has 17 heavy (non-hydrogen) atoms. The fourth-order valence-electron chi connectivity index (χ4n) is 1.06. The van der Waals surface area contributed by atoms with Crippen LogP contribution in [0, 0.1) is 12.3 Å². The molecule has 1 aromatic rings. The minimum Gasteiger partial charge on any atom is -0.480 e. The average Bonchev–Trinajstić information content (AvgIpc) is 2.23. The summed E-state index contributed by atoms with van der Waals surface area (Å²) in [5.41, 5.74) is 0.166. The van der Waals surface area contributed by atoms with Crippen LogP contribution in [-0.2, 0) is 9.59 Å². The second-order valence-electron chi connectivity index (χ2n) is 4.35. The van der Waals surface area contributed by atoms with Crippen molar-refractivity contribution in [2.75, 3.05) is 5.32 Å². The topological polar surface area (TPSA) is 66.4 Å². The molecule has 0 atom stereocenters. The van der Waals surface area contributed by atoms with Crippen LogP contribution in [0.1, 0.15) is 19.4 Å². The highest BCUT2D eigenvalue weighted by molar-refractivity contribution is 9.10. The van der Waals surface area contributed by atoms with Crippen molar-refractivity contribution in [3.05, 3.63) is 28.2 Å². The van der Waals surface area contributed by atoms with Crippen molar-refractivity contribution >= 4 is 33.5 Å². The number of carboxylic acid groups (broad SMARTS) is 1. The third kappa shape index (κ3) is 3.06. The van der Waals surface area contributed by atoms with Gasteiger partial charge in [0.2, 0.25) is 5.91 Å². The number of hydrogen-bond acceptors (Lipinski definition) is 2. The molecular formula is C12H14BrNO3. The Bertz CT molecular complexity index is 469. The molecule has 0 radical (unpaired) electrons. The van der Waals surface area contributed by atoms with E-state index < -0.39 is 17.3 Å². The normalized spacial score (nSPS) is 11.1. The number of hydrogen-bond donors (Lipinski definition) is 2. The zero-order valence-electron chi connectivity index (χ0n) is 9.87. The number of aliphatic carboxylic acids is 1. The maximum atomic E-state index is 11.8. The molecule has 4 nitrogen and oxygen atoms in total. The number of halogens is 1. The van der Waals surface area contributed by atoms with Crippen LogP contribution in [0.2, 0.25) is 0 Å². The smallest absolute Gasteiger partial charge is 0.318 e. The van der Waals surface area contributed by atoms with E-state index in [2.05, 4.69) is 21.2 Å². The van der Waals surface area contributed by atoms with Crippen molar-refractivity contribution in [3.63, 3.8) is 0 Å². The lowest BCUT2D eigenvalue weighted by Gasteiger charge is -2.18. The highest BCUT2D eigenvalue weighted by atomic mass is 79.9. The minimum absolute atomic E-state index is 0.541. The predicted octanol–water partition coefficient (Wildman–Crippen LogP) is 2.81. The first-order valence-corrected chi connectivity index (χ1v) is 5.85. The van der Waals surface area contributed by atoms with Gasteiger partial charge in [0.05, 0.1) is 0 Å². The number of carbonyl (C=O) groups is 2. The second-order valence-corrected chi connectivity index (χ2v) is 5.20. The average molecular weight is 300 g/mol. The van der Waals surface area contributed by atoms with Gasteiger partial charge in [-0.05, 0) is 38.5 Å². The number of amides is 1. The van der Waals surface area contributed by atoms with E-state index in [1.165, 1.54) is 13.8 Å². The van der Waals surface area contributed by atoms with Crippen LogP contribution in [0.15, 0.2) is 22.7 Å². The molecule has 1 rings (SSSR count). The molecule has 0 saturated heterocycles. The van der Waals surface area contributed by atoms with E-state index in [0.29, 0.717) is 5.69 Å². The quantitative estimate of drug-likeness (QED) is 0.844. The number of carboxylic acids is 1. The fourth-order valence-corrected chi connectivity index (χ4v) is 1.43. The van der Waals surface area contributed by atoms with E-state index in [0.717, 1.165) is 10.0 Å². The summed E-state index contributed by atoms with van der Waals surface area (Å²) in [5, 5.41) is 11.5. The maximum Gasteiger partial charge on any atom is 0.318 e. The van der Waals surface area contributed by atoms with E-state index in [-0.39, 0.29) is 0 Å². The first kappa shape index (κ1) is 13.7. The fraction of sp³-hybridized carbons (Fsp3) is 0.333. The van der Waals surface area contributed by atoms with Crippen molar-refractivity contribution in [2.45, 2.75) is 20.8 Å². The highest BCUT2D eigenvalue weighted by Gasteiger charge is 2.35. The molecule has 0 aliphatic carbocycles. The van der Waals surface area contributed by atoms with Crippen LogP contribution in [0.25, 0.3) is 0 Å². The number of benzene rings is 1. The Hall–Kier alpha value is -1.36. The SMILES string of the molecule is Cc1ccc(NC(=O)C(C)(C)C(=O)O)cc1Br. The monoisotopic (exact) mass is 299 g/mol. The molecule has 1 amide bonds. The summed E-state index contributed by atoms with van der Waals surface area (Å²) in [6, 6.07) is 5.31. The largest absolute Gasteiger partial charge is 0.480 e. The van der Waals surface area contributed by atoms with E-state index in [9.17, 15) is 9.59 Å². The Morgan fingerprint density at radius 1 is 1.35 bits per heavy atom. The van der Waals surface area contributed by atoms with Gasteiger partial charge in [-0.1, -0.05) is 22.0 Å². The zero-order chi connectivity index (χ0) is 13.2. The molecule has 0 spiro atoms. The van der Waals surface area contributed by atoms with Crippen molar-refractivity contribution in [1.82, 2.24) is 0 Å². The van der Waals surface area contributed by atoms with Crippen LogP contribution in [0.5, 0.6) is 0 Å². The number of nitrogens with one attached hydrogen (secondary N) is 1. The van der Waals surface area contributed by atoms with E-state index in [1.54, 1.807) is 12.1 Å². The summed E-state index contributed by atoms with van der Waals surface area (Å²) in [6.07, 6.45) is 0. The van der Waals surface area contributed by atoms with Crippen LogP contribution in [0.3, 0.4) is 0 Å². The first-order valence-electron chi connectivity index (χ1n) is 5.06. The summed E-state index contributed by atoms with van der Waals surface area (Å²) < 4.78 is 0.864. The number of anilines is 1. The number of rotatable bonds is 3. The molecule has 1 aromatic carbocycles. The van der Waals surface area contributed by atoms with Crippen LogP contribution in [-0.4, -0.2) is 17.0 Å². The zero-order valence-corrected chi connectivity index (χ0v) is 11.5. The van der Waals surface area contributed by atoms with Gasteiger partial charge >= 0.3 is 5.97 Å². The van der Waals surface area contributed by atoms with Crippen molar-refractivity contribution in [2.24, 2.45) is 5.41 Å². The van der Waals surface area contributed by atoms with Gasteiger partial charge in [0, 0.05) is 10.2 Å². The molecule has 0 aliphatic heterocycles. The lowest BCUT2D eigenvalue weighted by atomic mass is 9.92. The number of aryl methyl sites for hydroxylation is 1. The van der Waals surface area contributed by atoms with E-state index in [1.807, 2.05) is 13.0 Å². The van der Waals surface area contributed by atoms with Gasteiger partial charge < -0.3 is 10.4 Å². The Kier molecular flexibility index (Phi) is 3.93. The van der Waals surface area contributed by atoms with Gasteiger partial charge in [0.15, 0.2) is 0 Å². The van der Waals surface area contributed by atoms with Gasteiger partial charge in [0.1, 0.15) is 5.41 Å². The Morgan fingerprint density at radius 2 is 1.94 bits per heavy atom. The summed E-state index contributed by atoms with van der Waals surface area (Å²) in [7, 11) is 0. The standard InChI is InChI=1S/C12H14BrNO3/c1-7-4-5-8(6-9(7)13)14-10(15)12(2,3)11(16)17/h4-6H,1-3H3,(H,14,15)(H,16,17). The lowest BCUT2D eigenvalue weighted by molar-refractivity contribution is -0.151. The van der Waals surface area contributed by atoms with Gasteiger partial charge in [-0.25, -0.2) is 0 Å². The van der Waals surface area contributed by atoms with Crippen LogP contribution < -0.4 is 5.32 Å².